The van der Waals surface area contributed by atoms with E-state index in [1.54, 1.807) is 17.4 Å². The van der Waals surface area contributed by atoms with Crippen molar-refractivity contribution in [2.24, 2.45) is 0 Å². The maximum atomic E-state index is 4.21. The van der Waals surface area contributed by atoms with Crippen molar-refractivity contribution in [3.8, 4) is 0 Å². The molecule has 0 aromatic carbocycles. The van der Waals surface area contributed by atoms with Gasteiger partial charge < -0.3 is 0 Å². The van der Waals surface area contributed by atoms with Gasteiger partial charge in [0.25, 0.3) is 0 Å². The zero-order chi connectivity index (χ0) is 8.97. The standard InChI is InChI=1S/C10H11NS/c1-4-5-6-7-10-8(2)11-9(3)12-10/h4-7H,1-2H2,3H3/b6-5-,10-7+. The minimum absolute atomic E-state index is 0.853. The molecule has 0 aliphatic heterocycles. The summed E-state index contributed by atoms with van der Waals surface area (Å²) in [6, 6.07) is 0. The summed E-state index contributed by atoms with van der Waals surface area (Å²) in [5.74, 6) is 0. The van der Waals surface area contributed by atoms with Crippen LogP contribution in [-0.4, -0.2) is 4.98 Å². The minimum Gasteiger partial charge on any atom is -0.242 e. The number of thiazole rings is 1. The molecule has 0 N–H and O–H groups in total. The molecular weight excluding hydrogens is 166 g/mol. The number of aryl methyl sites for hydroxylation is 1. The Balaban J connectivity index is 3.10. The van der Waals surface area contributed by atoms with E-state index in [2.05, 4.69) is 18.1 Å². The summed E-state index contributed by atoms with van der Waals surface area (Å²) in [6.07, 6.45) is 7.56. The van der Waals surface area contributed by atoms with Crippen molar-refractivity contribution in [2.75, 3.05) is 0 Å². The van der Waals surface area contributed by atoms with Crippen LogP contribution >= 0.6 is 11.3 Å². The van der Waals surface area contributed by atoms with Gasteiger partial charge in [-0.25, -0.2) is 4.98 Å². The molecule has 0 aliphatic rings. The van der Waals surface area contributed by atoms with E-state index in [1.165, 1.54) is 0 Å². The first-order valence-electron chi connectivity index (χ1n) is 3.66. The first kappa shape index (κ1) is 8.94. The van der Waals surface area contributed by atoms with E-state index >= 15 is 0 Å². The second kappa shape index (κ2) is 4.02. The van der Waals surface area contributed by atoms with Gasteiger partial charge in [-0.05, 0) is 13.0 Å². The lowest BCUT2D eigenvalue weighted by molar-refractivity contribution is 1.24. The van der Waals surface area contributed by atoms with Gasteiger partial charge in [-0.2, -0.15) is 0 Å². The first-order valence-corrected chi connectivity index (χ1v) is 4.47. The van der Waals surface area contributed by atoms with E-state index in [1.807, 2.05) is 25.2 Å². The lowest BCUT2D eigenvalue weighted by Gasteiger charge is -1.71. The zero-order valence-corrected chi connectivity index (χ0v) is 7.90. The molecule has 1 aromatic heterocycles. The fraction of sp³-hybridized carbons (Fsp3) is 0.100. The third kappa shape index (κ3) is 2.17. The average Bonchev–Trinajstić information content (AvgIpc) is 2.31. The highest BCUT2D eigenvalue weighted by atomic mass is 32.1. The summed E-state index contributed by atoms with van der Waals surface area (Å²) in [5.41, 5.74) is 0. The largest absolute Gasteiger partial charge is 0.242 e. The quantitative estimate of drug-likeness (QED) is 0.622. The highest BCUT2D eigenvalue weighted by Crippen LogP contribution is 1.90. The number of aromatic nitrogens is 1. The van der Waals surface area contributed by atoms with Gasteiger partial charge in [-0.15, -0.1) is 11.3 Å². The monoisotopic (exact) mass is 177 g/mol. The van der Waals surface area contributed by atoms with Crippen LogP contribution in [0.2, 0.25) is 0 Å². The van der Waals surface area contributed by atoms with E-state index in [4.69, 9.17) is 0 Å². The number of hydrogen-bond donors (Lipinski definition) is 0. The molecule has 0 amide bonds. The predicted octanol–water partition coefficient (Wildman–Crippen LogP) is 1.38. The van der Waals surface area contributed by atoms with Gasteiger partial charge in [0.15, 0.2) is 0 Å². The van der Waals surface area contributed by atoms with Gasteiger partial charge in [-0.3, -0.25) is 0 Å². The zero-order valence-electron chi connectivity index (χ0n) is 7.08. The van der Waals surface area contributed by atoms with E-state index in [0.717, 1.165) is 14.9 Å². The molecule has 1 nitrogen and oxygen atoms in total. The fourth-order valence-electron chi connectivity index (χ4n) is 0.838. The topological polar surface area (TPSA) is 12.9 Å². The predicted molar refractivity (Wildman–Crippen MR) is 55.4 cm³/mol. The molecule has 0 saturated heterocycles. The van der Waals surface area contributed by atoms with Crippen LogP contribution in [0.1, 0.15) is 5.01 Å². The summed E-state index contributed by atoms with van der Waals surface area (Å²) < 4.78 is 1.12. The average molecular weight is 177 g/mol. The molecule has 0 saturated carbocycles. The Hall–Kier alpha value is -1.15. The van der Waals surface area contributed by atoms with Gasteiger partial charge in [0.05, 0.1) is 14.9 Å². The van der Waals surface area contributed by atoms with Crippen LogP contribution in [0.25, 0.3) is 12.7 Å². The van der Waals surface area contributed by atoms with Crippen LogP contribution in [-0.2, 0) is 0 Å². The van der Waals surface area contributed by atoms with E-state index in [0.29, 0.717) is 0 Å². The SMILES string of the molecule is C=C/C=C\C=c1\sc(C)nc1=C. The Labute approximate surface area is 76.1 Å². The van der Waals surface area contributed by atoms with Crippen molar-refractivity contribution in [1.82, 2.24) is 4.98 Å². The van der Waals surface area contributed by atoms with Crippen molar-refractivity contribution in [3.63, 3.8) is 0 Å². The lowest BCUT2D eigenvalue weighted by Crippen LogP contribution is -2.17. The molecule has 1 rings (SSSR count). The van der Waals surface area contributed by atoms with Crippen molar-refractivity contribution >= 4 is 24.0 Å². The molecule has 0 bridgehead atoms. The molecule has 2 heteroatoms. The highest BCUT2D eigenvalue weighted by molar-refractivity contribution is 7.09. The normalized spacial score (nSPS) is 12.6. The Morgan fingerprint density at radius 1 is 1.42 bits per heavy atom. The molecule has 1 heterocycles. The van der Waals surface area contributed by atoms with Crippen LogP contribution < -0.4 is 9.88 Å². The summed E-state index contributed by atoms with van der Waals surface area (Å²) >= 11 is 1.65. The maximum absolute atomic E-state index is 4.21. The van der Waals surface area contributed by atoms with Crippen LogP contribution in [0.3, 0.4) is 0 Å². The third-order valence-corrected chi connectivity index (χ3v) is 2.31. The maximum Gasteiger partial charge on any atom is 0.0907 e. The molecule has 0 unspecified atom stereocenters. The summed E-state index contributed by atoms with van der Waals surface area (Å²) in [6.45, 7) is 9.39. The third-order valence-electron chi connectivity index (χ3n) is 1.33. The number of nitrogens with zero attached hydrogens (tertiary/aromatic N) is 1. The molecular formula is C10H11NS. The van der Waals surface area contributed by atoms with Gasteiger partial charge in [0, 0.05) is 0 Å². The summed E-state index contributed by atoms with van der Waals surface area (Å²) in [5, 5.41) is 1.91. The minimum atomic E-state index is 0.853. The van der Waals surface area contributed by atoms with Crippen LogP contribution in [0.5, 0.6) is 0 Å². The van der Waals surface area contributed by atoms with E-state index in [-0.39, 0.29) is 0 Å². The number of rotatable bonds is 2. The van der Waals surface area contributed by atoms with Gasteiger partial charge in [-0.1, -0.05) is 31.4 Å². The van der Waals surface area contributed by atoms with Crippen LogP contribution in [0.4, 0.5) is 0 Å². The number of hydrogen-bond acceptors (Lipinski definition) is 2. The smallest absolute Gasteiger partial charge is 0.0907 e. The highest BCUT2D eigenvalue weighted by Gasteiger charge is 1.88. The summed E-state index contributed by atoms with van der Waals surface area (Å²) in [7, 11) is 0. The van der Waals surface area contributed by atoms with Crippen LogP contribution in [0.15, 0.2) is 24.8 Å². The van der Waals surface area contributed by atoms with E-state index in [9.17, 15) is 0 Å². The number of allylic oxidation sites excluding steroid dienone is 3. The molecule has 0 fully saturated rings. The Morgan fingerprint density at radius 2 is 2.17 bits per heavy atom. The van der Waals surface area contributed by atoms with Crippen LogP contribution in [0, 0.1) is 6.92 Å². The Bertz CT molecular complexity index is 398. The van der Waals surface area contributed by atoms with Gasteiger partial charge >= 0.3 is 0 Å². The Kier molecular flexibility index (Phi) is 3.00. The van der Waals surface area contributed by atoms with Crippen molar-refractivity contribution in [1.29, 1.82) is 0 Å². The first-order chi connectivity index (χ1) is 5.74. The van der Waals surface area contributed by atoms with Gasteiger partial charge in [0.2, 0.25) is 0 Å². The molecule has 12 heavy (non-hydrogen) atoms. The molecule has 0 atom stereocenters. The molecule has 62 valence electrons. The summed E-state index contributed by atoms with van der Waals surface area (Å²) in [4.78, 5) is 4.21. The molecule has 0 aliphatic carbocycles. The van der Waals surface area contributed by atoms with Crippen molar-refractivity contribution < 1.29 is 0 Å². The molecule has 0 radical (unpaired) electrons. The van der Waals surface area contributed by atoms with Crippen molar-refractivity contribution in [2.45, 2.75) is 6.92 Å². The lowest BCUT2D eigenvalue weighted by atomic mass is 10.4. The molecule has 1 aromatic rings. The van der Waals surface area contributed by atoms with Crippen molar-refractivity contribution in [3.05, 3.63) is 39.7 Å². The molecule has 0 spiro atoms. The van der Waals surface area contributed by atoms with Gasteiger partial charge in [0.1, 0.15) is 0 Å². The second-order valence-electron chi connectivity index (χ2n) is 2.33. The van der Waals surface area contributed by atoms with E-state index < -0.39 is 0 Å². The second-order valence-corrected chi connectivity index (χ2v) is 3.57. The Morgan fingerprint density at radius 3 is 2.67 bits per heavy atom. The fourth-order valence-corrected chi connectivity index (χ4v) is 1.62.